The number of rotatable bonds is 8. The molecule has 37 heavy (non-hydrogen) atoms. The Morgan fingerprint density at radius 1 is 1.03 bits per heavy atom. The van der Waals surface area contributed by atoms with Crippen LogP contribution in [0.15, 0.2) is 36.4 Å². The normalized spacial score (nSPS) is 21.1. The molecule has 2 aliphatic rings. The zero-order chi connectivity index (χ0) is 26.4. The van der Waals surface area contributed by atoms with Gasteiger partial charge in [0.1, 0.15) is 0 Å². The van der Waals surface area contributed by atoms with Gasteiger partial charge in [0.05, 0.1) is 16.1 Å². The summed E-state index contributed by atoms with van der Waals surface area (Å²) in [6.07, 6.45) is 5.20. The maximum atomic E-state index is 13.7. The molecule has 2 fully saturated rings. The van der Waals surface area contributed by atoms with Crippen molar-refractivity contribution in [2.75, 3.05) is 32.7 Å². The minimum atomic E-state index is -0.302. The number of carbonyl (C=O) groups excluding carboxylic acids is 2. The van der Waals surface area contributed by atoms with E-state index in [2.05, 4.69) is 15.5 Å². The standard InChI is InChI=1S/C28H35Cl3N4O2/c1-19-15-22(29)7-5-21(19)18-35-14-9-23(17-32-27(36)20-6-8-24(30)25(31)16-20)33-26(28(35)37)10-13-34-11-3-2-4-12-34/h5-8,15-16,23,26,33H,2-4,9-14,17-18H2,1H3,(H,32,36). The van der Waals surface area contributed by atoms with Crippen LogP contribution >= 0.6 is 34.8 Å². The molecule has 2 amide bonds. The van der Waals surface area contributed by atoms with Gasteiger partial charge in [-0.3, -0.25) is 9.59 Å². The number of carbonyl (C=O) groups is 2. The Balaban J connectivity index is 1.43. The molecule has 2 heterocycles. The maximum Gasteiger partial charge on any atom is 0.251 e. The number of likely N-dealkylation sites (tertiary alicyclic amines) is 1. The molecule has 2 unspecified atom stereocenters. The predicted octanol–water partition coefficient (Wildman–Crippen LogP) is 5.32. The first-order valence-electron chi connectivity index (χ1n) is 13.1. The second-order valence-electron chi connectivity index (χ2n) is 10.1. The fourth-order valence-electron chi connectivity index (χ4n) is 5.10. The van der Waals surface area contributed by atoms with Crippen molar-refractivity contribution >= 4 is 46.6 Å². The smallest absolute Gasteiger partial charge is 0.251 e. The quantitative estimate of drug-likeness (QED) is 0.455. The lowest BCUT2D eigenvalue weighted by molar-refractivity contribution is -0.133. The lowest BCUT2D eigenvalue weighted by Crippen LogP contribution is -2.50. The zero-order valence-electron chi connectivity index (χ0n) is 21.2. The van der Waals surface area contributed by atoms with Crippen LogP contribution in [0.4, 0.5) is 0 Å². The van der Waals surface area contributed by atoms with Crippen molar-refractivity contribution in [1.82, 2.24) is 20.4 Å². The Kier molecular flexibility index (Phi) is 10.1. The number of benzene rings is 2. The third kappa shape index (κ3) is 7.84. The largest absolute Gasteiger partial charge is 0.350 e. The highest BCUT2D eigenvalue weighted by atomic mass is 35.5. The molecule has 2 atom stereocenters. The number of halogens is 3. The van der Waals surface area contributed by atoms with Crippen LogP contribution in [0.5, 0.6) is 0 Å². The van der Waals surface area contributed by atoms with Gasteiger partial charge >= 0.3 is 0 Å². The Bertz CT molecular complexity index is 1110. The SMILES string of the molecule is Cc1cc(Cl)ccc1CN1CCC(CNC(=O)c2ccc(Cl)c(Cl)c2)NC(CCN2CCCCC2)C1=O. The molecule has 9 heteroatoms. The van der Waals surface area contributed by atoms with Crippen LogP contribution in [0.25, 0.3) is 0 Å². The Hall–Kier alpha value is -1.83. The Morgan fingerprint density at radius 2 is 1.81 bits per heavy atom. The number of aryl methyl sites for hydroxylation is 1. The fourth-order valence-corrected chi connectivity index (χ4v) is 5.62. The summed E-state index contributed by atoms with van der Waals surface area (Å²) >= 11 is 18.2. The third-order valence-corrected chi connectivity index (χ3v) is 8.31. The Labute approximate surface area is 234 Å². The van der Waals surface area contributed by atoms with Crippen molar-refractivity contribution in [1.29, 1.82) is 0 Å². The molecule has 6 nitrogen and oxygen atoms in total. The summed E-state index contributed by atoms with van der Waals surface area (Å²) in [6, 6.07) is 10.3. The molecule has 4 rings (SSSR count). The summed E-state index contributed by atoms with van der Waals surface area (Å²) < 4.78 is 0. The lowest BCUT2D eigenvalue weighted by Gasteiger charge is -2.30. The van der Waals surface area contributed by atoms with Crippen LogP contribution in [0, 0.1) is 6.92 Å². The minimum absolute atomic E-state index is 0.0293. The summed E-state index contributed by atoms with van der Waals surface area (Å²) in [6.45, 7) is 6.68. The minimum Gasteiger partial charge on any atom is -0.350 e. The first-order chi connectivity index (χ1) is 17.8. The van der Waals surface area contributed by atoms with Crippen LogP contribution in [-0.2, 0) is 11.3 Å². The molecule has 2 N–H and O–H groups in total. The van der Waals surface area contributed by atoms with Crippen molar-refractivity contribution in [3.8, 4) is 0 Å². The highest BCUT2D eigenvalue weighted by Crippen LogP contribution is 2.23. The van der Waals surface area contributed by atoms with Gasteiger partial charge < -0.3 is 20.4 Å². The fraction of sp³-hybridized carbons (Fsp3) is 0.500. The number of piperidine rings is 1. The van der Waals surface area contributed by atoms with Crippen molar-refractivity contribution in [3.05, 3.63) is 68.2 Å². The molecule has 0 saturated carbocycles. The summed E-state index contributed by atoms with van der Waals surface area (Å²) in [5, 5.41) is 8.03. The van der Waals surface area contributed by atoms with Crippen LogP contribution in [0.2, 0.25) is 15.1 Å². The lowest BCUT2D eigenvalue weighted by atomic mass is 10.1. The third-order valence-electron chi connectivity index (χ3n) is 7.33. The van der Waals surface area contributed by atoms with E-state index in [1.165, 1.54) is 19.3 Å². The Morgan fingerprint density at radius 3 is 2.54 bits per heavy atom. The van der Waals surface area contributed by atoms with Gasteiger partial charge in [0.2, 0.25) is 5.91 Å². The summed E-state index contributed by atoms with van der Waals surface area (Å²) in [4.78, 5) is 30.8. The summed E-state index contributed by atoms with van der Waals surface area (Å²) in [5.41, 5.74) is 2.63. The first kappa shape index (κ1) is 28.2. The van der Waals surface area contributed by atoms with Crippen molar-refractivity contribution in [3.63, 3.8) is 0 Å². The molecule has 2 aromatic rings. The van der Waals surface area contributed by atoms with E-state index in [9.17, 15) is 9.59 Å². The van der Waals surface area contributed by atoms with E-state index in [0.717, 1.165) is 43.6 Å². The summed E-state index contributed by atoms with van der Waals surface area (Å²) in [7, 11) is 0. The highest BCUT2D eigenvalue weighted by molar-refractivity contribution is 6.42. The maximum absolute atomic E-state index is 13.7. The van der Waals surface area contributed by atoms with Gasteiger partial charge in [-0.25, -0.2) is 0 Å². The molecule has 2 aromatic carbocycles. The second-order valence-corrected chi connectivity index (χ2v) is 11.3. The predicted molar refractivity (Wildman–Crippen MR) is 151 cm³/mol. The molecule has 0 radical (unpaired) electrons. The molecule has 0 spiro atoms. The second kappa shape index (κ2) is 13.3. The monoisotopic (exact) mass is 564 g/mol. The van der Waals surface area contributed by atoms with E-state index in [-0.39, 0.29) is 23.9 Å². The molecule has 2 aliphatic heterocycles. The molecular formula is C28H35Cl3N4O2. The molecule has 0 aliphatic carbocycles. The molecule has 0 aromatic heterocycles. The van der Waals surface area contributed by atoms with Crippen LogP contribution < -0.4 is 10.6 Å². The average Bonchev–Trinajstić information content (AvgIpc) is 3.03. The van der Waals surface area contributed by atoms with Gasteiger partial charge in [-0.15, -0.1) is 0 Å². The highest BCUT2D eigenvalue weighted by Gasteiger charge is 2.31. The average molecular weight is 566 g/mol. The number of nitrogens with zero attached hydrogens (tertiary/aromatic N) is 2. The van der Waals surface area contributed by atoms with Crippen molar-refractivity contribution in [2.24, 2.45) is 0 Å². The van der Waals surface area contributed by atoms with Gasteiger partial charge in [-0.2, -0.15) is 0 Å². The molecule has 200 valence electrons. The molecule has 0 bridgehead atoms. The number of nitrogens with one attached hydrogen (secondary N) is 2. The van der Waals surface area contributed by atoms with Crippen LogP contribution in [0.1, 0.15) is 53.6 Å². The number of amides is 2. The van der Waals surface area contributed by atoms with E-state index in [4.69, 9.17) is 34.8 Å². The van der Waals surface area contributed by atoms with Crippen molar-refractivity contribution in [2.45, 2.75) is 57.7 Å². The van der Waals surface area contributed by atoms with Gasteiger partial charge in [-0.1, -0.05) is 47.3 Å². The van der Waals surface area contributed by atoms with E-state index >= 15 is 0 Å². The van der Waals surface area contributed by atoms with Gasteiger partial charge in [0.25, 0.3) is 5.91 Å². The van der Waals surface area contributed by atoms with Crippen LogP contribution in [-0.4, -0.2) is 66.4 Å². The summed E-state index contributed by atoms with van der Waals surface area (Å²) in [5.74, 6) is -0.0980. The molecular weight excluding hydrogens is 531 g/mol. The molecule has 2 saturated heterocycles. The first-order valence-corrected chi connectivity index (χ1v) is 14.2. The zero-order valence-corrected chi connectivity index (χ0v) is 23.5. The number of hydrogen-bond acceptors (Lipinski definition) is 4. The van der Waals surface area contributed by atoms with E-state index in [0.29, 0.717) is 40.3 Å². The van der Waals surface area contributed by atoms with Gasteiger partial charge in [-0.05, 0) is 87.2 Å². The topological polar surface area (TPSA) is 64.7 Å². The van der Waals surface area contributed by atoms with E-state index < -0.39 is 0 Å². The van der Waals surface area contributed by atoms with E-state index in [1.807, 2.05) is 30.0 Å². The van der Waals surface area contributed by atoms with Gasteiger partial charge in [0.15, 0.2) is 0 Å². The van der Waals surface area contributed by atoms with Crippen LogP contribution in [0.3, 0.4) is 0 Å². The van der Waals surface area contributed by atoms with Crippen molar-refractivity contribution < 1.29 is 9.59 Å². The number of hydrogen-bond donors (Lipinski definition) is 2. The van der Waals surface area contributed by atoms with E-state index in [1.54, 1.807) is 18.2 Å². The van der Waals surface area contributed by atoms with Gasteiger partial charge in [0, 0.05) is 42.8 Å².